The molecular formula is C6H7BrN6O2S. The first-order valence-corrected chi connectivity index (χ1v) is 6.35. The van der Waals surface area contributed by atoms with Crippen molar-refractivity contribution in [1.29, 1.82) is 0 Å². The number of aromatic amines is 1. The number of anilines is 1. The maximum Gasteiger partial charge on any atom is 0.283 e. The lowest BCUT2D eigenvalue weighted by molar-refractivity contribution is 0.578. The number of sulfonamides is 1. The molecule has 0 amide bonds. The van der Waals surface area contributed by atoms with E-state index in [0.717, 1.165) is 4.68 Å². The van der Waals surface area contributed by atoms with E-state index < -0.39 is 10.0 Å². The summed E-state index contributed by atoms with van der Waals surface area (Å²) < 4.78 is 27.4. The summed E-state index contributed by atoms with van der Waals surface area (Å²) in [5, 5.41) is 13.2. The van der Waals surface area contributed by atoms with Crippen LogP contribution in [0.2, 0.25) is 0 Å². The molecule has 0 aliphatic heterocycles. The van der Waals surface area contributed by atoms with Crippen molar-refractivity contribution in [1.82, 2.24) is 25.2 Å². The lowest BCUT2D eigenvalue weighted by atomic mass is 10.7. The van der Waals surface area contributed by atoms with Crippen LogP contribution in [-0.4, -0.2) is 33.6 Å². The van der Waals surface area contributed by atoms with Crippen LogP contribution < -0.4 is 4.72 Å². The zero-order chi connectivity index (χ0) is 11.8. The molecule has 0 fully saturated rings. The van der Waals surface area contributed by atoms with Gasteiger partial charge < -0.3 is 0 Å². The van der Waals surface area contributed by atoms with Gasteiger partial charge in [-0.25, -0.2) is 4.68 Å². The minimum absolute atomic E-state index is 0.0536. The van der Waals surface area contributed by atoms with Gasteiger partial charge in [0.05, 0.1) is 6.20 Å². The quantitative estimate of drug-likeness (QED) is 0.836. The second kappa shape index (κ2) is 3.87. The fourth-order valence-electron chi connectivity index (χ4n) is 1.11. The predicted octanol–water partition coefficient (Wildman–Crippen LogP) is 0.101. The average Bonchev–Trinajstić information content (AvgIpc) is 2.76. The third-order valence-electron chi connectivity index (χ3n) is 1.74. The van der Waals surface area contributed by atoms with Gasteiger partial charge in [-0.15, -0.1) is 5.10 Å². The Morgan fingerprint density at radius 2 is 2.31 bits per heavy atom. The van der Waals surface area contributed by atoms with Gasteiger partial charge >= 0.3 is 0 Å². The Kier molecular flexibility index (Phi) is 2.68. The SMILES string of the molecule is Cn1nnc(Br)c1S(=O)(=O)Nc1ccn[nH]1. The average molecular weight is 307 g/mol. The fraction of sp³-hybridized carbons (Fsp3) is 0.167. The number of nitrogens with one attached hydrogen (secondary N) is 2. The second-order valence-corrected chi connectivity index (χ2v) is 5.23. The highest BCUT2D eigenvalue weighted by atomic mass is 79.9. The van der Waals surface area contributed by atoms with E-state index in [4.69, 9.17) is 0 Å². The number of hydrogen-bond acceptors (Lipinski definition) is 5. The molecule has 0 aromatic carbocycles. The highest BCUT2D eigenvalue weighted by Gasteiger charge is 2.24. The molecule has 0 atom stereocenters. The molecule has 0 unspecified atom stereocenters. The lowest BCUT2D eigenvalue weighted by Crippen LogP contribution is -2.17. The van der Waals surface area contributed by atoms with E-state index >= 15 is 0 Å². The van der Waals surface area contributed by atoms with E-state index in [-0.39, 0.29) is 15.4 Å². The van der Waals surface area contributed by atoms with Gasteiger partial charge in [0, 0.05) is 13.1 Å². The number of hydrogen-bond donors (Lipinski definition) is 2. The van der Waals surface area contributed by atoms with Gasteiger partial charge in [0.25, 0.3) is 10.0 Å². The predicted molar refractivity (Wildman–Crippen MR) is 58.1 cm³/mol. The van der Waals surface area contributed by atoms with Gasteiger partial charge in [-0.1, -0.05) is 5.21 Å². The minimum Gasteiger partial charge on any atom is -0.262 e. The van der Waals surface area contributed by atoms with E-state index in [1.54, 1.807) is 0 Å². The minimum atomic E-state index is -3.73. The number of halogens is 1. The Balaban J connectivity index is 2.40. The molecule has 2 N–H and O–H groups in total. The third-order valence-corrected chi connectivity index (χ3v) is 3.99. The summed E-state index contributed by atoms with van der Waals surface area (Å²) in [5.74, 6) is 0.271. The third kappa shape index (κ3) is 1.93. The van der Waals surface area contributed by atoms with E-state index in [2.05, 4.69) is 41.2 Å². The van der Waals surface area contributed by atoms with Crippen molar-refractivity contribution < 1.29 is 8.42 Å². The molecule has 0 aliphatic carbocycles. The van der Waals surface area contributed by atoms with Gasteiger partial charge in [0.1, 0.15) is 5.82 Å². The van der Waals surface area contributed by atoms with Crippen molar-refractivity contribution >= 4 is 31.8 Å². The molecule has 0 radical (unpaired) electrons. The molecule has 2 rings (SSSR count). The monoisotopic (exact) mass is 306 g/mol. The summed E-state index contributed by atoms with van der Waals surface area (Å²) in [6.07, 6.45) is 1.44. The Labute approximate surface area is 99.2 Å². The molecule has 86 valence electrons. The number of rotatable bonds is 3. The normalized spacial score (nSPS) is 11.6. The number of nitrogens with zero attached hydrogens (tertiary/aromatic N) is 4. The first-order valence-electron chi connectivity index (χ1n) is 4.08. The summed E-state index contributed by atoms with van der Waals surface area (Å²) in [6, 6.07) is 1.50. The summed E-state index contributed by atoms with van der Waals surface area (Å²) in [5.41, 5.74) is 0. The fourth-order valence-corrected chi connectivity index (χ4v) is 3.23. The van der Waals surface area contributed by atoms with Gasteiger partial charge in [0.15, 0.2) is 4.60 Å². The van der Waals surface area contributed by atoms with Crippen LogP contribution in [0.15, 0.2) is 21.9 Å². The molecule has 8 nitrogen and oxygen atoms in total. The molecule has 0 aliphatic rings. The van der Waals surface area contributed by atoms with Crippen molar-refractivity contribution in [3.8, 4) is 0 Å². The smallest absolute Gasteiger partial charge is 0.262 e. The van der Waals surface area contributed by atoms with Gasteiger partial charge in [-0.3, -0.25) is 9.82 Å². The van der Waals surface area contributed by atoms with Crippen LogP contribution in [-0.2, 0) is 17.1 Å². The lowest BCUT2D eigenvalue weighted by Gasteiger charge is -2.05. The summed E-state index contributed by atoms with van der Waals surface area (Å²) in [4.78, 5) is 0. The van der Waals surface area contributed by atoms with Crippen LogP contribution in [0.1, 0.15) is 0 Å². The Bertz CT molecular complexity index is 569. The largest absolute Gasteiger partial charge is 0.283 e. The summed E-state index contributed by atoms with van der Waals surface area (Å²) >= 11 is 3.02. The van der Waals surface area contributed by atoms with Crippen molar-refractivity contribution in [2.24, 2.45) is 7.05 Å². The molecule has 0 saturated carbocycles. The van der Waals surface area contributed by atoms with E-state index in [0.29, 0.717) is 0 Å². The van der Waals surface area contributed by atoms with Gasteiger partial charge in [0.2, 0.25) is 5.03 Å². The van der Waals surface area contributed by atoms with Crippen molar-refractivity contribution in [2.45, 2.75) is 5.03 Å². The number of aryl methyl sites for hydroxylation is 1. The van der Waals surface area contributed by atoms with Crippen molar-refractivity contribution in [3.05, 3.63) is 16.9 Å². The van der Waals surface area contributed by atoms with E-state index in [1.807, 2.05) is 0 Å². The second-order valence-electron chi connectivity index (χ2n) is 2.88. The zero-order valence-corrected chi connectivity index (χ0v) is 10.4. The Morgan fingerprint density at radius 1 is 1.56 bits per heavy atom. The van der Waals surface area contributed by atoms with Crippen molar-refractivity contribution in [3.63, 3.8) is 0 Å². The van der Waals surface area contributed by atoms with Crippen LogP contribution in [0.4, 0.5) is 5.82 Å². The van der Waals surface area contributed by atoms with Crippen LogP contribution in [0.3, 0.4) is 0 Å². The molecular weight excluding hydrogens is 300 g/mol. The Hall–Kier alpha value is -1.42. The molecule has 0 bridgehead atoms. The maximum atomic E-state index is 11.9. The molecule has 0 spiro atoms. The molecule has 2 aromatic heterocycles. The van der Waals surface area contributed by atoms with E-state index in [1.165, 1.54) is 19.3 Å². The summed E-state index contributed by atoms with van der Waals surface area (Å²) in [6.45, 7) is 0. The van der Waals surface area contributed by atoms with Crippen LogP contribution in [0.25, 0.3) is 0 Å². The molecule has 2 aromatic rings. The zero-order valence-electron chi connectivity index (χ0n) is 8.05. The highest BCUT2D eigenvalue weighted by Crippen LogP contribution is 2.20. The van der Waals surface area contributed by atoms with Crippen LogP contribution in [0, 0.1) is 0 Å². The molecule has 16 heavy (non-hydrogen) atoms. The Morgan fingerprint density at radius 3 is 2.81 bits per heavy atom. The number of H-pyrrole nitrogens is 1. The van der Waals surface area contributed by atoms with Crippen molar-refractivity contribution in [2.75, 3.05) is 4.72 Å². The number of aromatic nitrogens is 5. The van der Waals surface area contributed by atoms with Crippen LogP contribution >= 0.6 is 15.9 Å². The van der Waals surface area contributed by atoms with Gasteiger partial charge in [-0.05, 0) is 15.9 Å². The molecule has 10 heteroatoms. The van der Waals surface area contributed by atoms with E-state index in [9.17, 15) is 8.42 Å². The van der Waals surface area contributed by atoms with Gasteiger partial charge in [-0.2, -0.15) is 13.5 Å². The molecule has 2 heterocycles. The molecule has 0 saturated heterocycles. The topological polar surface area (TPSA) is 106 Å². The highest BCUT2D eigenvalue weighted by molar-refractivity contribution is 9.10. The van der Waals surface area contributed by atoms with Crippen LogP contribution in [0.5, 0.6) is 0 Å². The standard InChI is InChI=1S/C6H7BrN6O2S/c1-13-6(5(7)10-12-13)16(14,15)11-4-2-3-8-9-4/h2-3H,1H3,(H2,8,9,11). The maximum absolute atomic E-state index is 11.9. The first-order chi connectivity index (χ1) is 7.50. The first kappa shape index (κ1) is 11.1. The summed E-state index contributed by atoms with van der Waals surface area (Å²) in [7, 11) is -2.25.